The molecule has 0 unspecified atom stereocenters. The Bertz CT molecular complexity index is 1020. The van der Waals surface area contributed by atoms with Crippen LogP contribution in [0, 0.1) is 22.0 Å². The summed E-state index contributed by atoms with van der Waals surface area (Å²) in [6, 6.07) is 7.86. The highest BCUT2D eigenvalue weighted by Crippen LogP contribution is 2.41. The van der Waals surface area contributed by atoms with Crippen LogP contribution in [0.15, 0.2) is 30.3 Å². The molecule has 2 aliphatic rings. The lowest BCUT2D eigenvalue weighted by Gasteiger charge is -2.37. The highest BCUT2D eigenvalue weighted by atomic mass is 32.1. The normalized spacial score (nSPS) is 21.5. The molecule has 2 heterocycles. The number of nitro benzene ring substituents is 1. The number of nitrogens with zero attached hydrogens (tertiary/aromatic N) is 2. The van der Waals surface area contributed by atoms with Gasteiger partial charge in [0.05, 0.1) is 23.7 Å². The molecule has 3 N–H and O–H groups in total. The maximum absolute atomic E-state index is 13.8. The number of carbonyl (C=O) groups is 2. The van der Waals surface area contributed by atoms with Crippen molar-refractivity contribution in [3.05, 3.63) is 45.3 Å². The fourth-order valence-corrected chi connectivity index (χ4v) is 5.96. The molecule has 0 spiro atoms. The number of piperidine rings is 1. The Morgan fingerprint density at radius 3 is 2.30 bits per heavy atom. The smallest absolute Gasteiger partial charge is 0.348 e. The van der Waals surface area contributed by atoms with Crippen molar-refractivity contribution in [2.45, 2.75) is 51.5 Å². The molecule has 8 nitrogen and oxygen atoms in total. The van der Waals surface area contributed by atoms with Crippen molar-refractivity contribution in [1.82, 2.24) is 0 Å². The summed E-state index contributed by atoms with van der Waals surface area (Å²) >= 11 is 1.12. The minimum absolute atomic E-state index is 0.0146. The second-order valence-corrected chi connectivity index (χ2v) is 10.2. The third-order valence-electron chi connectivity index (χ3n) is 6.90. The monoisotopic (exact) mass is 472 g/mol. The number of quaternary nitrogens is 1. The molecule has 176 valence electrons. The van der Waals surface area contributed by atoms with Crippen LogP contribution in [0.1, 0.15) is 55.1 Å². The van der Waals surface area contributed by atoms with Gasteiger partial charge in [0, 0.05) is 41.8 Å². The SMILES string of the molecule is CC1CCC(C(=O)N(c2cc(-c3ccc([N+](=O)[O-])cc3)sc2C(=O)O)C2CC[NH2+]CC2)CC1. The molecule has 1 amide bonds. The number of hydrogen-bond donors (Lipinski definition) is 2. The minimum Gasteiger partial charge on any atom is -0.477 e. The quantitative estimate of drug-likeness (QED) is 0.488. The second-order valence-electron chi connectivity index (χ2n) is 9.20. The predicted octanol–water partition coefficient (Wildman–Crippen LogP) is 3.91. The Kier molecular flexibility index (Phi) is 7.09. The van der Waals surface area contributed by atoms with Gasteiger partial charge in [0.25, 0.3) is 5.69 Å². The summed E-state index contributed by atoms with van der Waals surface area (Å²) in [4.78, 5) is 39.2. The molecule has 1 aromatic carbocycles. The molecule has 4 rings (SSSR count). The van der Waals surface area contributed by atoms with E-state index in [1.807, 2.05) is 0 Å². The van der Waals surface area contributed by atoms with E-state index in [-0.39, 0.29) is 28.4 Å². The number of aromatic carboxylic acids is 1. The standard InChI is InChI=1S/C24H29N3O5S/c1-15-2-4-17(5-3-15)23(28)26(18-10-12-25-13-11-18)20-14-21(33-22(20)24(29)30)16-6-8-19(9-7-16)27(31)32/h6-9,14-15,17-18,25H,2-5,10-13H2,1H3,(H,29,30)/p+1. The fourth-order valence-electron chi connectivity index (χ4n) is 4.97. The maximum atomic E-state index is 13.8. The van der Waals surface area contributed by atoms with Crippen molar-refractivity contribution >= 4 is 34.6 Å². The van der Waals surface area contributed by atoms with Gasteiger partial charge in [-0.3, -0.25) is 14.9 Å². The number of carboxylic acids is 1. The van der Waals surface area contributed by atoms with Crippen molar-refractivity contribution in [3.63, 3.8) is 0 Å². The first-order valence-electron chi connectivity index (χ1n) is 11.6. The van der Waals surface area contributed by atoms with E-state index in [1.54, 1.807) is 23.1 Å². The van der Waals surface area contributed by atoms with Crippen LogP contribution in [-0.2, 0) is 4.79 Å². The lowest BCUT2D eigenvalue weighted by atomic mass is 9.82. The number of nitro groups is 1. The topological polar surface area (TPSA) is 117 Å². The molecule has 0 bridgehead atoms. The molecule has 2 aromatic rings. The number of carbonyl (C=O) groups excluding carboxylic acids is 1. The van der Waals surface area contributed by atoms with E-state index in [2.05, 4.69) is 12.2 Å². The maximum Gasteiger partial charge on any atom is 0.348 e. The fraction of sp³-hybridized carbons (Fsp3) is 0.500. The average Bonchev–Trinajstić information content (AvgIpc) is 3.26. The number of carboxylic acid groups (broad SMARTS) is 1. The summed E-state index contributed by atoms with van der Waals surface area (Å²) in [5.41, 5.74) is 1.15. The van der Waals surface area contributed by atoms with Crippen molar-refractivity contribution in [2.75, 3.05) is 18.0 Å². The minimum atomic E-state index is -1.05. The van der Waals surface area contributed by atoms with Crippen LogP contribution in [0.4, 0.5) is 11.4 Å². The van der Waals surface area contributed by atoms with Crippen LogP contribution in [0.2, 0.25) is 0 Å². The van der Waals surface area contributed by atoms with Gasteiger partial charge >= 0.3 is 5.97 Å². The Balaban J connectivity index is 1.72. The van der Waals surface area contributed by atoms with Crippen LogP contribution in [0.25, 0.3) is 10.4 Å². The number of hydrogen-bond acceptors (Lipinski definition) is 5. The number of amides is 1. The average molecular weight is 473 g/mol. The number of non-ortho nitro benzene ring substituents is 1. The van der Waals surface area contributed by atoms with Crippen molar-refractivity contribution in [3.8, 4) is 10.4 Å². The third-order valence-corrected chi connectivity index (χ3v) is 8.07. The Morgan fingerprint density at radius 1 is 1.09 bits per heavy atom. The molecule has 1 aliphatic heterocycles. The van der Waals surface area contributed by atoms with Gasteiger partial charge in [-0.1, -0.05) is 6.92 Å². The van der Waals surface area contributed by atoms with Gasteiger partial charge in [0.2, 0.25) is 5.91 Å². The van der Waals surface area contributed by atoms with E-state index in [0.717, 1.165) is 63.0 Å². The summed E-state index contributed by atoms with van der Waals surface area (Å²) in [5, 5.41) is 23.2. The number of thiophene rings is 1. The number of benzene rings is 1. The van der Waals surface area contributed by atoms with Crippen molar-refractivity contribution in [1.29, 1.82) is 0 Å². The summed E-state index contributed by atoms with van der Waals surface area (Å²) in [6.45, 7) is 4.04. The zero-order valence-electron chi connectivity index (χ0n) is 18.7. The van der Waals surface area contributed by atoms with Crippen LogP contribution < -0.4 is 10.2 Å². The van der Waals surface area contributed by atoms with Crippen LogP contribution in [0.3, 0.4) is 0 Å². The molecular formula is C24H30N3O5S+. The third kappa shape index (κ3) is 5.09. The lowest BCUT2D eigenvalue weighted by molar-refractivity contribution is -0.662. The van der Waals surface area contributed by atoms with E-state index >= 15 is 0 Å². The molecule has 1 saturated heterocycles. The van der Waals surface area contributed by atoms with Gasteiger partial charge < -0.3 is 15.3 Å². The van der Waals surface area contributed by atoms with E-state index in [1.165, 1.54) is 12.1 Å². The summed E-state index contributed by atoms with van der Waals surface area (Å²) in [7, 11) is 0. The number of anilines is 1. The van der Waals surface area contributed by atoms with Gasteiger partial charge in [0.15, 0.2) is 0 Å². The molecule has 2 fully saturated rings. The zero-order chi connectivity index (χ0) is 23.5. The Labute approximate surface area is 196 Å². The van der Waals surface area contributed by atoms with Crippen LogP contribution >= 0.6 is 11.3 Å². The molecular weight excluding hydrogens is 442 g/mol. The molecule has 1 aliphatic carbocycles. The Morgan fingerprint density at radius 2 is 1.73 bits per heavy atom. The molecule has 1 saturated carbocycles. The number of rotatable bonds is 6. The van der Waals surface area contributed by atoms with Gasteiger partial charge in [-0.15, -0.1) is 11.3 Å². The second kappa shape index (κ2) is 10.0. The molecule has 0 radical (unpaired) electrons. The van der Waals surface area contributed by atoms with Crippen LogP contribution in [0.5, 0.6) is 0 Å². The largest absolute Gasteiger partial charge is 0.477 e. The lowest BCUT2D eigenvalue weighted by Crippen LogP contribution is -2.87. The highest BCUT2D eigenvalue weighted by Gasteiger charge is 2.37. The van der Waals surface area contributed by atoms with Gasteiger partial charge in [0.1, 0.15) is 4.88 Å². The van der Waals surface area contributed by atoms with E-state index in [4.69, 9.17) is 0 Å². The van der Waals surface area contributed by atoms with Gasteiger partial charge in [-0.25, -0.2) is 4.79 Å². The van der Waals surface area contributed by atoms with Crippen LogP contribution in [-0.4, -0.2) is 41.0 Å². The Hall–Kier alpha value is -2.78. The summed E-state index contributed by atoms with van der Waals surface area (Å²) in [5.74, 6) is -0.460. The first kappa shape index (κ1) is 23.4. The zero-order valence-corrected chi connectivity index (χ0v) is 19.6. The van der Waals surface area contributed by atoms with Crippen molar-refractivity contribution < 1.29 is 24.9 Å². The van der Waals surface area contributed by atoms with Crippen molar-refractivity contribution in [2.24, 2.45) is 11.8 Å². The highest BCUT2D eigenvalue weighted by molar-refractivity contribution is 7.18. The summed E-state index contributed by atoms with van der Waals surface area (Å²) < 4.78 is 0. The predicted molar refractivity (Wildman–Crippen MR) is 127 cm³/mol. The molecule has 33 heavy (non-hydrogen) atoms. The van der Waals surface area contributed by atoms with E-state index < -0.39 is 10.9 Å². The van der Waals surface area contributed by atoms with E-state index in [9.17, 15) is 24.8 Å². The van der Waals surface area contributed by atoms with Gasteiger partial charge in [-0.05, 0) is 55.4 Å². The molecule has 1 aromatic heterocycles. The van der Waals surface area contributed by atoms with E-state index in [0.29, 0.717) is 22.0 Å². The molecule has 0 atom stereocenters. The molecule has 9 heteroatoms. The van der Waals surface area contributed by atoms with Gasteiger partial charge in [-0.2, -0.15) is 0 Å². The number of nitrogens with two attached hydrogens (primary N) is 1. The first-order valence-corrected chi connectivity index (χ1v) is 12.4. The summed E-state index contributed by atoms with van der Waals surface area (Å²) in [6.07, 6.45) is 5.39. The first-order chi connectivity index (χ1) is 15.8.